The van der Waals surface area contributed by atoms with E-state index in [4.69, 9.17) is 17.3 Å². The molecular formula is C11H8ClN7. The minimum Gasteiger partial charge on any atom is -0.394 e. The third-order valence-corrected chi connectivity index (χ3v) is 2.58. The summed E-state index contributed by atoms with van der Waals surface area (Å²) in [5.41, 5.74) is 6.93. The van der Waals surface area contributed by atoms with Crippen molar-refractivity contribution < 1.29 is 0 Å². The van der Waals surface area contributed by atoms with Crippen LogP contribution in [0.3, 0.4) is 0 Å². The summed E-state index contributed by atoms with van der Waals surface area (Å²) >= 11 is 5.72. The van der Waals surface area contributed by atoms with Crippen LogP contribution in [0.4, 0.5) is 5.69 Å². The minimum atomic E-state index is 0.0720. The van der Waals surface area contributed by atoms with Gasteiger partial charge in [-0.2, -0.15) is 4.98 Å². The Balaban J connectivity index is 2.04. The molecule has 0 amide bonds. The second-order valence-corrected chi connectivity index (χ2v) is 4.02. The Bertz CT molecular complexity index is 710. The predicted molar refractivity (Wildman–Crippen MR) is 69.6 cm³/mol. The Morgan fingerprint density at radius 1 is 1.16 bits per heavy atom. The highest BCUT2D eigenvalue weighted by atomic mass is 35.5. The van der Waals surface area contributed by atoms with Gasteiger partial charge in [-0.05, 0) is 16.8 Å². The Hall–Kier alpha value is -2.54. The average molecular weight is 274 g/mol. The van der Waals surface area contributed by atoms with Crippen molar-refractivity contribution in [2.24, 2.45) is 0 Å². The maximum Gasteiger partial charge on any atom is 0.224 e. The number of hydrogen-bond donors (Lipinski definition) is 1. The number of hydrogen-bond acceptors (Lipinski definition) is 6. The largest absolute Gasteiger partial charge is 0.394 e. The van der Waals surface area contributed by atoms with Crippen LogP contribution in [0.15, 0.2) is 36.5 Å². The third kappa shape index (κ3) is 2.23. The van der Waals surface area contributed by atoms with Crippen molar-refractivity contribution in [2.45, 2.75) is 0 Å². The van der Waals surface area contributed by atoms with Gasteiger partial charge in [0.1, 0.15) is 0 Å². The summed E-state index contributed by atoms with van der Waals surface area (Å²) in [7, 11) is 0. The fraction of sp³-hybridized carbons (Fsp3) is 0. The number of tetrazole rings is 1. The highest BCUT2D eigenvalue weighted by Crippen LogP contribution is 2.16. The van der Waals surface area contributed by atoms with Gasteiger partial charge in [0, 0.05) is 5.56 Å². The van der Waals surface area contributed by atoms with Crippen molar-refractivity contribution in [3.63, 3.8) is 0 Å². The summed E-state index contributed by atoms with van der Waals surface area (Å²) < 4.78 is 0. The van der Waals surface area contributed by atoms with E-state index in [2.05, 4.69) is 25.4 Å². The first kappa shape index (κ1) is 11.5. The topological polar surface area (TPSA) is 95.4 Å². The number of nitrogen functional groups attached to an aromatic ring is 1. The van der Waals surface area contributed by atoms with E-state index in [0.717, 1.165) is 5.56 Å². The van der Waals surface area contributed by atoms with Crippen LogP contribution in [-0.2, 0) is 0 Å². The van der Waals surface area contributed by atoms with Crippen molar-refractivity contribution >= 4 is 17.3 Å². The number of halogens is 1. The van der Waals surface area contributed by atoms with E-state index in [1.807, 2.05) is 30.3 Å². The van der Waals surface area contributed by atoms with Gasteiger partial charge >= 0.3 is 0 Å². The molecule has 19 heavy (non-hydrogen) atoms. The lowest BCUT2D eigenvalue weighted by atomic mass is 10.2. The van der Waals surface area contributed by atoms with Crippen LogP contribution in [0.25, 0.3) is 17.2 Å². The molecule has 2 heterocycles. The van der Waals surface area contributed by atoms with Crippen molar-refractivity contribution in [3.05, 3.63) is 41.8 Å². The lowest BCUT2D eigenvalue weighted by molar-refractivity contribution is 0.700. The number of benzene rings is 1. The van der Waals surface area contributed by atoms with Gasteiger partial charge in [0.25, 0.3) is 0 Å². The van der Waals surface area contributed by atoms with Gasteiger partial charge in [0.2, 0.25) is 16.9 Å². The van der Waals surface area contributed by atoms with Crippen molar-refractivity contribution in [2.75, 3.05) is 5.73 Å². The average Bonchev–Trinajstić information content (AvgIpc) is 2.92. The molecule has 0 fully saturated rings. The highest BCUT2D eigenvalue weighted by molar-refractivity contribution is 6.28. The molecule has 7 nitrogen and oxygen atoms in total. The summed E-state index contributed by atoms with van der Waals surface area (Å²) in [6.45, 7) is 0. The zero-order valence-corrected chi connectivity index (χ0v) is 10.4. The van der Waals surface area contributed by atoms with Crippen LogP contribution >= 0.6 is 11.6 Å². The molecule has 0 atom stereocenters. The number of nitrogens with two attached hydrogens (primary N) is 1. The van der Waals surface area contributed by atoms with E-state index in [-0.39, 0.29) is 5.28 Å². The molecule has 3 rings (SSSR count). The molecule has 0 unspecified atom stereocenters. The fourth-order valence-corrected chi connectivity index (χ4v) is 1.66. The molecular weight excluding hydrogens is 266 g/mol. The van der Waals surface area contributed by atoms with Crippen LogP contribution in [0, 0.1) is 0 Å². The molecule has 0 aliphatic rings. The second-order valence-electron chi connectivity index (χ2n) is 3.69. The molecule has 1 aromatic carbocycles. The molecule has 8 heteroatoms. The quantitative estimate of drug-likeness (QED) is 0.708. The van der Waals surface area contributed by atoms with Crippen molar-refractivity contribution in [1.29, 1.82) is 0 Å². The van der Waals surface area contributed by atoms with Gasteiger partial charge in [0.05, 0.1) is 11.9 Å². The summed E-state index contributed by atoms with van der Waals surface area (Å²) in [6, 6.07) is 9.48. The van der Waals surface area contributed by atoms with E-state index in [0.29, 0.717) is 17.3 Å². The van der Waals surface area contributed by atoms with Crippen LogP contribution in [0.5, 0.6) is 0 Å². The molecule has 0 radical (unpaired) electrons. The SMILES string of the molecule is Nc1cnc(Cl)nc1-n1nnc(-c2ccccc2)n1. The third-order valence-electron chi connectivity index (χ3n) is 2.40. The van der Waals surface area contributed by atoms with Gasteiger partial charge in [-0.15, -0.1) is 15.0 Å². The Labute approximate surface area is 113 Å². The van der Waals surface area contributed by atoms with Crippen LogP contribution in [0.1, 0.15) is 0 Å². The Morgan fingerprint density at radius 2 is 1.95 bits per heavy atom. The molecule has 2 aromatic heterocycles. The predicted octanol–water partition coefficient (Wildman–Crippen LogP) is 1.35. The van der Waals surface area contributed by atoms with E-state index in [9.17, 15) is 0 Å². The van der Waals surface area contributed by atoms with E-state index < -0.39 is 0 Å². The van der Waals surface area contributed by atoms with Crippen LogP contribution in [-0.4, -0.2) is 30.2 Å². The van der Waals surface area contributed by atoms with Gasteiger partial charge in [0.15, 0.2) is 0 Å². The smallest absolute Gasteiger partial charge is 0.224 e. The summed E-state index contributed by atoms with van der Waals surface area (Å²) in [6.07, 6.45) is 1.40. The molecule has 0 aliphatic carbocycles. The molecule has 3 aromatic rings. The van der Waals surface area contributed by atoms with Gasteiger partial charge in [-0.25, -0.2) is 4.98 Å². The lowest BCUT2D eigenvalue weighted by Crippen LogP contribution is -2.07. The molecule has 0 spiro atoms. The number of anilines is 1. The van der Waals surface area contributed by atoms with Gasteiger partial charge < -0.3 is 5.73 Å². The number of rotatable bonds is 2. The zero-order chi connectivity index (χ0) is 13.2. The molecule has 0 saturated heterocycles. The normalized spacial score (nSPS) is 10.6. The first-order chi connectivity index (χ1) is 9.24. The Morgan fingerprint density at radius 3 is 2.74 bits per heavy atom. The number of aromatic nitrogens is 6. The molecule has 0 saturated carbocycles. The van der Waals surface area contributed by atoms with Crippen molar-refractivity contribution in [1.82, 2.24) is 30.2 Å². The molecule has 94 valence electrons. The lowest BCUT2D eigenvalue weighted by Gasteiger charge is -2.00. The monoisotopic (exact) mass is 273 g/mol. The fourth-order valence-electron chi connectivity index (χ4n) is 1.53. The van der Waals surface area contributed by atoms with Crippen LogP contribution in [0.2, 0.25) is 5.28 Å². The van der Waals surface area contributed by atoms with Crippen LogP contribution < -0.4 is 5.73 Å². The van der Waals surface area contributed by atoms with Gasteiger partial charge in [-0.3, -0.25) is 0 Å². The van der Waals surface area contributed by atoms with E-state index in [1.54, 1.807) is 0 Å². The maximum absolute atomic E-state index is 5.76. The van der Waals surface area contributed by atoms with Crippen molar-refractivity contribution in [3.8, 4) is 17.2 Å². The van der Waals surface area contributed by atoms with E-state index >= 15 is 0 Å². The zero-order valence-electron chi connectivity index (χ0n) is 9.60. The maximum atomic E-state index is 5.76. The van der Waals surface area contributed by atoms with Gasteiger partial charge in [-0.1, -0.05) is 30.3 Å². The summed E-state index contributed by atoms with van der Waals surface area (Å²) in [5, 5.41) is 12.2. The molecule has 0 aliphatic heterocycles. The standard InChI is InChI=1S/C11H8ClN7/c12-11-14-6-8(13)10(15-11)19-17-9(16-18-19)7-4-2-1-3-5-7/h1-6H,13H2. The van der Waals surface area contributed by atoms with E-state index in [1.165, 1.54) is 11.0 Å². The second kappa shape index (κ2) is 4.62. The molecule has 2 N–H and O–H groups in total. The highest BCUT2D eigenvalue weighted by Gasteiger charge is 2.11. The first-order valence-corrected chi connectivity index (χ1v) is 5.75. The summed E-state index contributed by atoms with van der Waals surface area (Å²) in [4.78, 5) is 8.97. The number of nitrogens with zero attached hydrogens (tertiary/aromatic N) is 6. The Kier molecular flexibility index (Phi) is 2.81. The first-order valence-electron chi connectivity index (χ1n) is 5.38. The summed E-state index contributed by atoms with van der Waals surface area (Å²) in [5.74, 6) is 0.782. The minimum absolute atomic E-state index is 0.0720. The molecule has 0 bridgehead atoms.